The summed E-state index contributed by atoms with van der Waals surface area (Å²) in [6, 6.07) is -0.261. The largest absolute Gasteiger partial charge is 0.450 e. The third-order valence-electron chi connectivity index (χ3n) is 4.95. The molecule has 8 heteroatoms. The number of hydrogen-bond donors (Lipinski definition) is 2. The van der Waals surface area contributed by atoms with Crippen molar-refractivity contribution in [3.05, 3.63) is 0 Å². The monoisotopic (exact) mass is 354 g/mol. The van der Waals surface area contributed by atoms with Crippen molar-refractivity contribution < 1.29 is 19.1 Å². The molecule has 4 amide bonds. The number of carbonyl (C=O) groups excluding carboxylic acids is 3. The third kappa shape index (κ3) is 6.19. The summed E-state index contributed by atoms with van der Waals surface area (Å²) >= 11 is 0. The van der Waals surface area contributed by atoms with Gasteiger partial charge in [-0.2, -0.15) is 0 Å². The van der Waals surface area contributed by atoms with E-state index in [0.29, 0.717) is 38.7 Å². The van der Waals surface area contributed by atoms with Crippen LogP contribution in [-0.2, 0) is 9.53 Å². The van der Waals surface area contributed by atoms with Gasteiger partial charge < -0.3 is 15.0 Å². The van der Waals surface area contributed by atoms with Gasteiger partial charge in [0.2, 0.25) is 5.91 Å². The summed E-state index contributed by atoms with van der Waals surface area (Å²) in [5.41, 5.74) is 0. The molecule has 0 bridgehead atoms. The van der Waals surface area contributed by atoms with E-state index in [1.165, 1.54) is 6.42 Å². The van der Waals surface area contributed by atoms with Gasteiger partial charge in [0, 0.05) is 32.2 Å². The van der Waals surface area contributed by atoms with Gasteiger partial charge in [-0.25, -0.2) is 9.59 Å². The van der Waals surface area contributed by atoms with Crippen molar-refractivity contribution in [2.75, 3.05) is 39.3 Å². The van der Waals surface area contributed by atoms with Gasteiger partial charge in [-0.15, -0.1) is 0 Å². The van der Waals surface area contributed by atoms with Crippen LogP contribution in [0.5, 0.6) is 0 Å². The second kappa shape index (κ2) is 9.60. The molecule has 8 nitrogen and oxygen atoms in total. The summed E-state index contributed by atoms with van der Waals surface area (Å²) in [5.74, 6) is 0.135. The molecule has 0 aromatic rings. The molecular weight excluding hydrogens is 324 g/mol. The maximum Gasteiger partial charge on any atom is 0.409 e. The molecule has 0 radical (unpaired) electrons. The Hall–Kier alpha value is -1.83. The number of amides is 4. The summed E-state index contributed by atoms with van der Waals surface area (Å²) in [6.07, 6.45) is 4.10. The second-order valence-corrected chi connectivity index (χ2v) is 6.85. The number of piperazine rings is 1. The maximum atomic E-state index is 12.0. The second-order valence-electron chi connectivity index (χ2n) is 6.85. The number of urea groups is 1. The van der Waals surface area contributed by atoms with E-state index in [4.69, 9.17) is 4.74 Å². The Morgan fingerprint density at radius 2 is 1.76 bits per heavy atom. The fourth-order valence-corrected chi connectivity index (χ4v) is 3.41. The van der Waals surface area contributed by atoms with Crippen molar-refractivity contribution in [1.29, 1.82) is 0 Å². The van der Waals surface area contributed by atoms with Crippen molar-refractivity contribution in [3.8, 4) is 0 Å². The Kier molecular flexibility index (Phi) is 7.49. The summed E-state index contributed by atoms with van der Waals surface area (Å²) in [7, 11) is 0. The minimum Gasteiger partial charge on any atom is -0.450 e. The lowest BCUT2D eigenvalue weighted by molar-refractivity contribution is -0.121. The molecule has 2 unspecified atom stereocenters. The van der Waals surface area contributed by atoms with Gasteiger partial charge in [0.1, 0.15) is 0 Å². The zero-order valence-corrected chi connectivity index (χ0v) is 15.3. The smallest absolute Gasteiger partial charge is 0.409 e. The van der Waals surface area contributed by atoms with Crippen LogP contribution in [0, 0.1) is 5.92 Å². The van der Waals surface area contributed by atoms with Crippen LogP contribution in [0.15, 0.2) is 0 Å². The van der Waals surface area contributed by atoms with Crippen molar-refractivity contribution in [3.63, 3.8) is 0 Å². The molecule has 0 spiro atoms. The van der Waals surface area contributed by atoms with E-state index >= 15 is 0 Å². The van der Waals surface area contributed by atoms with Crippen LogP contribution in [-0.4, -0.2) is 73.2 Å². The lowest BCUT2D eigenvalue weighted by Gasteiger charge is -2.33. The van der Waals surface area contributed by atoms with E-state index in [2.05, 4.69) is 17.6 Å². The molecule has 2 atom stereocenters. The highest BCUT2D eigenvalue weighted by molar-refractivity contribution is 5.95. The molecule has 1 aliphatic heterocycles. The quantitative estimate of drug-likeness (QED) is 0.791. The molecule has 1 heterocycles. The number of imide groups is 1. The number of hydrogen-bond acceptors (Lipinski definition) is 5. The first kappa shape index (κ1) is 19.5. The SMILES string of the molecule is CCOC(=O)N1CCN(CC(=O)NC(=O)NC2CCCCC2C)CC1. The first-order chi connectivity index (χ1) is 12.0. The predicted octanol–water partition coefficient (Wildman–Crippen LogP) is 1.17. The molecule has 0 aromatic carbocycles. The highest BCUT2D eigenvalue weighted by atomic mass is 16.6. The Bertz CT molecular complexity index is 477. The summed E-state index contributed by atoms with van der Waals surface area (Å²) in [6.45, 7) is 6.66. The summed E-state index contributed by atoms with van der Waals surface area (Å²) in [5, 5.41) is 5.33. The van der Waals surface area contributed by atoms with Crippen LogP contribution in [0.25, 0.3) is 0 Å². The summed E-state index contributed by atoms with van der Waals surface area (Å²) < 4.78 is 4.97. The van der Waals surface area contributed by atoms with Crippen molar-refractivity contribution in [2.45, 2.75) is 45.6 Å². The van der Waals surface area contributed by atoms with Crippen molar-refractivity contribution in [2.24, 2.45) is 5.92 Å². The van der Waals surface area contributed by atoms with Crippen LogP contribution < -0.4 is 10.6 Å². The van der Waals surface area contributed by atoms with Gasteiger partial charge in [0.25, 0.3) is 0 Å². The zero-order valence-electron chi connectivity index (χ0n) is 15.3. The third-order valence-corrected chi connectivity index (χ3v) is 4.95. The molecule has 1 aliphatic carbocycles. The maximum absolute atomic E-state index is 12.0. The van der Waals surface area contributed by atoms with E-state index in [-0.39, 0.29) is 24.6 Å². The van der Waals surface area contributed by atoms with E-state index in [1.807, 2.05) is 4.90 Å². The van der Waals surface area contributed by atoms with Gasteiger partial charge in [-0.1, -0.05) is 19.8 Å². The molecule has 2 fully saturated rings. The van der Waals surface area contributed by atoms with Crippen LogP contribution in [0.2, 0.25) is 0 Å². The van der Waals surface area contributed by atoms with Crippen molar-refractivity contribution in [1.82, 2.24) is 20.4 Å². The standard InChI is InChI=1S/C17H30N4O4/c1-3-25-17(24)21-10-8-20(9-11-21)12-15(22)19-16(23)18-14-7-5-4-6-13(14)2/h13-14H,3-12H2,1-2H3,(H2,18,19,22,23). The van der Waals surface area contributed by atoms with Crippen LogP contribution in [0.3, 0.4) is 0 Å². The molecule has 2 aliphatic rings. The molecule has 1 saturated carbocycles. The van der Waals surface area contributed by atoms with E-state index in [0.717, 1.165) is 19.3 Å². The first-order valence-corrected chi connectivity index (χ1v) is 9.24. The molecular formula is C17H30N4O4. The predicted molar refractivity (Wildman–Crippen MR) is 93.1 cm³/mol. The number of nitrogens with zero attached hydrogens (tertiary/aromatic N) is 2. The zero-order chi connectivity index (χ0) is 18.2. The minimum absolute atomic E-state index is 0.148. The van der Waals surface area contributed by atoms with Crippen molar-refractivity contribution >= 4 is 18.0 Å². The van der Waals surface area contributed by atoms with Gasteiger partial charge in [0.15, 0.2) is 0 Å². The van der Waals surface area contributed by atoms with E-state index < -0.39 is 6.03 Å². The number of nitrogens with one attached hydrogen (secondary N) is 2. The fourth-order valence-electron chi connectivity index (χ4n) is 3.41. The molecule has 2 N–H and O–H groups in total. The number of ether oxygens (including phenoxy) is 1. The normalized spacial score (nSPS) is 24.5. The average molecular weight is 354 g/mol. The highest BCUT2D eigenvalue weighted by Gasteiger charge is 2.25. The van der Waals surface area contributed by atoms with E-state index in [1.54, 1.807) is 11.8 Å². The molecule has 0 aromatic heterocycles. The van der Waals surface area contributed by atoms with Gasteiger partial charge >= 0.3 is 12.1 Å². The molecule has 1 saturated heterocycles. The molecule has 2 rings (SSSR count). The Balaban J connectivity index is 1.67. The lowest BCUT2D eigenvalue weighted by atomic mass is 9.86. The van der Waals surface area contributed by atoms with Gasteiger partial charge in [-0.3, -0.25) is 15.0 Å². The molecule has 25 heavy (non-hydrogen) atoms. The summed E-state index contributed by atoms with van der Waals surface area (Å²) in [4.78, 5) is 39.2. The van der Waals surface area contributed by atoms with Crippen LogP contribution in [0.4, 0.5) is 9.59 Å². The Morgan fingerprint density at radius 1 is 1.08 bits per heavy atom. The van der Waals surface area contributed by atoms with Crippen LogP contribution in [0.1, 0.15) is 39.5 Å². The highest BCUT2D eigenvalue weighted by Crippen LogP contribution is 2.23. The fraction of sp³-hybridized carbons (Fsp3) is 0.824. The lowest BCUT2D eigenvalue weighted by Crippen LogP contribution is -2.53. The van der Waals surface area contributed by atoms with E-state index in [9.17, 15) is 14.4 Å². The number of carbonyl (C=O) groups is 3. The van der Waals surface area contributed by atoms with Gasteiger partial charge in [-0.05, 0) is 25.7 Å². The number of rotatable bonds is 4. The Morgan fingerprint density at radius 3 is 2.40 bits per heavy atom. The van der Waals surface area contributed by atoms with Gasteiger partial charge in [0.05, 0.1) is 13.2 Å². The topological polar surface area (TPSA) is 91.0 Å². The molecule has 142 valence electrons. The minimum atomic E-state index is -0.408. The average Bonchev–Trinajstić information content (AvgIpc) is 2.57. The van der Waals surface area contributed by atoms with Crippen LogP contribution >= 0.6 is 0 Å². The first-order valence-electron chi connectivity index (χ1n) is 9.24. The Labute approximate surface area is 149 Å².